The van der Waals surface area contributed by atoms with Crippen LogP contribution in [0.4, 0.5) is 19.0 Å². The number of rotatable bonds is 7. The second-order valence-corrected chi connectivity index (χ2v) is 8.87. The van der Waals surface area contributed by atoms with Crippen molar-refractivity contribution in [1.29, 1.82) is 0 Å². The van der Waals surface area contributed by atoms with E-state index in [1.165, 1.54) is 30.6 Å². The Hall–Kier alpha value is -3.70. The van der Waals surface area contributed by atoms with Gasteiger partial charge < -0.3 is 19.0 Å². The van der Waals surface area contributed by atoms with Crippen LogP contribution in [0.1, 0.15) is 68.3 Å². The molecule has 2 aromatic heterocycles. The fourth-order valence-electron chi connectivity index (χ4n) is 3.88. The van der Waals surface area contributed by atoms with Crippen molar-refractivity contribution in [2.75, 3.05) is 18.0 Å². The van der Waals surface area contributed by atoms with Gasteiger partial charge in [-0.25, -0.2) is 4.98 Å². The molecular formula is C24H27F3N6O3. The molecule has 0 radical (unpaired) electrons. The summed E-state index contributed by atoms with van der Waals surface area (Å²) in [5.74, 6) is 2.59. The van der Waals surface area contributed by atoms with Crippen LogP contribution in [0.5, 0.6) is 11.6 Å². The van der Waals surface area contributed by atoms with E-state index < -0.39 is 6.36 Å². The summed E-state index contributed by atoms with van der Waals surface area (Å²) < 4.78 is 46.4. The average molecular weight is 505 g/mol. The minimum Gasteiger partial charge on any atom is -0.406 e. The van der Waals surface area contributed by atoms with Crippen LogP contribution in [0.15, 0.2) is 40.3 Å². The molecule has 0 bridgehead atoms. The Morgan fingerprint density at radius 3 is 2.44 bits per heavy atom. The van der Waals surface area contributed by atoms with E-state index in [4.69, 9.17) is 9.36 Å². The number of alkyl halides is 3. The van der Waals surface area contributed by atoms with Gasteiger partial charge in [0.15, 0.2) is 5.82 Å². The zero-order valence-corrected chi connectivity index (χ0v) is 20.4. The number of anilines is 1. The summed E-state index contributed by atoms with van der Waals surface area (Å²) in [6, 6.07) is 5.38. The third kappa shape index (κ3) is 6.10. The molecule has 1 aliphatic heterocycles. The molecule has 1 aliphatic rings. The molecular weight excluding hydrogens is 477 g/mol. The molecule has 0 aliphatic carbocycles. The lowest BCUT2D eigenvalue weighted by atomic mass is 9.96. The minimum atomic E-state index is -4.74. The van der Waals surface area contributed by atoms with Gasteiger partial charge in [0.05, 0.1) is 11.3 Å². The normalized spacial score (nSPS) is 15.4. The predicted molar refractivity (Wildman–Crippen MR) is 125 cm³/mol. The number of hydrogen-bond acceptors (Lipinski definition) is 9. The molecule has 36 heavy (non-hydrogen) atoms. The molecule has 1 saturated heterocycles. The Kier molecular flexibility index (Phi) is 7.41. The number of nitrogens with zero attached hydrogens (tertiary/aromatic N) is 6. The molecule has 0 spiro atoms. The van der Waals surface area contributed by atoms with Gasteiger partial charge in [-0.05, 0) is 56.5 Å². The first kappa shape index (κ1) is 25.4. The molecule has 9 nitrogen and oxygen atoms in total. The van der Waals surface area contributed by atoms with Gasteiger partial charge in [-0.3, -0.25) is 0 Å². The van der Waals surface area contributed by atoms with Crippen LogP contribution in [0, 0.1) is 6.92 Å². The highest BCUT2D eigenvalue weighted by Crippen LogP contribution is 2.32. The van der Waals surface area contributed by atoms with Crippen LogP contribution in [0.3, 0.4) is 0 Å². The molecule has 1 aromatic carbocycles. The van der Waals surface area contributed by atoms with Crippen LogP contribution in [-0.2, 0) is 0 Å². The maximum Gasteiger partial charge on any atom is 0.573 e. The van der Waals surface area contributed by atoms with Crippen molar-refractivity contribution >= 4 is 11.5 Å². The molecule has 192 valence electrons. The Morgan fingerprint density at radius 1 is 1.14 bits per heavy atom. The number of ether oxygens (including phenoxy) is 1. The highest BCUT2D eigenvalue weighted by molar-refractivity contribution is 5.98. The monoisotopic (exact) mass is 504 g/mol. The van der Waals surface area contributed by atoms with E-state index in [1.807, 2.05) is 20.8 Å². The van der Waals surface area contributed by atoms with Gasteiger partial charge in [0.1, 0.15) is 17.9 Å². The summed E-state index contributed by atoms with van der Waals surface area (Å²) in [7, 11) is 0. The van der Waals surface area contributed by atoms with Gasteiger partial charge in [0.25, 0.3) is 5.88 Å². The predicted octanol–water partition coefficient (Wildman–Crippen LogP) is 5.38. The summed E-state index contributed by atoms with van der Waals surface area (Å²) in [5.41, 5.74) is 1.79. The molecule has 3 aromatic rings. The zero-order chi connectivity index (χ0) is 25.9. The number of hydrogen-bond donors (Lipinski definition) is 0. The largest absolute Gasteiger partial charge is 0.573 e. The number of piperidine rings is 1. The fraction of sp³-hybridized carbons (Fsp3) is 0.458. The summed E-state index contributed by atoms with van der Waals surface area (Å²) in [5, 5.41) is 8.17. The maximum absolute atomic E-state index is 12.3. The lowest BCUT2D eigenvalue weighted by Crippen LogP contribution is -2.34. The van der Waals surface area contributed by atoms with Crippen LogP contribution >= 0.6 is 0 Å². The highest BCUT2D eigenvalue weighted by Gasteiger charge is 2.31. The second-order valence-electron chi connectivity index (χ2n) is 8.87. The summed E-state index contributed by atoms with van der Waals surface area (Å²) in [6.45, 7) is 9.13. The number of halogens is 3. The van der Waals surface area contributed by atoms with Gasteiger partial charge >= 0.3 is 6.36 Å². The third-order valence-corrected chi connectivity index (χ3v) is 5.90. The number of benzene rings is 1. The van der Waals surface area contributed by atoms with Gasteiger partial charge in [0, 0.05) is 24.9 Å². The molecule has 0 saturated carbocycles. The quantitative estimate of drug-likeness (QED) is 0.313. The van der Waals surface area contributed by atoms with Crippen LogP contribution < -0.4 is 14.5 Å². The van der Waals surface area contributed by atoms with Gasteiger partial charge in [0.2, 0.25) is 5.89 Å². The average Bonchev–Trinajstić information content (AvgIpc) is 3.34. The molecule has 0 unspecified atom stereocenters. The van der Waals surface area contributed by atoms with E-state index in [0.717, 1.165) is 43.1 Å². The number of oxime groups is 1. The van der Waals surface area contributed by atoms with Crippen molar-refractivity contribution in [3.8, 4) is 11.6 Å². The molecule has 4 rings (SSSR count). The number of aromatic nitrogens is 4. The summed E-state index contributed by atoms with van der Waals surface area (Å²) in [6.07, 6.45) is -1.62. The lowest BCUT2D eigenvalue weighted by molar-refractivity contribution is -0.274. The van der Waals surface area contributed by atoms with E-state index in [9.17, 15) is 13.2 Å². The molecule has 0 atom stereocenters. The SMILES string of the molecule is C/C(=N/Oc1ncnc(N2CCC(c3nc(C(C)C)no3)CC2)c1C)c1ccc(OC(F)(F)F)cc1. The molecule has 12 heteroatoms. The first-order valence-corrected chi connectivity index (χ1v) is 11.6. The maximum atomic E-state index is 12.3. The topological polar surface area (TPSA) is 98.8 Å². The standard InChI is InChI=1S/C24H27F3N6O3/c1-14(2)20-30-23(36-32-20)18-9-11-33(12-10-18)21-15(3)22(29-13-28-21)35-31-16(4)17-5-7-19(8-6-17)34-24(25,26)27/h5-8,13-14,18H,9-12H2,1-4H3/b31-16-. The van der Waals surface area contributed by atoms with E-state index in [-0.39, 0.29) is 17.6 Å². The summed E-state index contributed by atoms with van der Waals surface area (Å²) >= 11 is 0. The summed E-state index contributed by atoms with van der Waals surface area (Å²) in [4.78, 5) is 20.9. The molecule has 1 fully saturated rings. The van der Waals surface area contributed by atoms with Crippen molar-refractivity contribution in [2.24, 2.45) is 5.16 Å². The fourth-order valence-corrected chi connectivity index (χ4v) is 3.88. The van der Waals surface area contributed by atoms with Gasteiger partial charge in [-0.1, -0.05) is 24.2 Å². The van der Waals surface area contributed by atoms with Crippen LogP contribution in [0.25, 0.3) is 0 Å². The lowest BCUT2D eigenvalue weighted by Gasteiger charge is -2.32. The highest BCUT2D eigenvalue weighted by atomic mass is 19.4. The van der Waals surface area contributed by atoms with E-state index in [1.54, 1.807) is 6.92 Å². The van der Waals surface area contributed by atoms with E-state index >= 15 is 0 Å². The van der Waals surface area contributed by atoms with Crippen molar-refractivity contribution in [2.45, 2.75) is 58.7 Å². The van der Waals surface area contributed by atoms with Crippen molar-refractivity contribution in [3.63, 3.8) is 0 Å². The Bertz CT molecular complexity index is 1200. The molecule has 0 N–H and O–H groups in total. The third-order valence-electron chi connectivity index (χ3n) is 5.90. The Morgan fingerprint density at radius 2 is 1.83 bits per heavy atom. The Balaban J connectivity index is 1.39. The van der Waals surface area contributed by atoms with Crippen LogP contribution in [0.2, 0.25) is 0 Å². The van der Waals surface area contributed by atoms with Crippen molar-refractivity contribution < 1.29 is 27.3 Å². The zero-order valence-electron chi connectivity index (χ0n) is 20.4. The van der Waals surface area contributed by atoms with Crippen LogP contribution in [-0.4, -0.2) is 45.3 Å². The van der Waals surface area contributed by atoms with E-state index in [2.05, 4.69) is 34.9 Å². The van der Waals surface area contributed by atoms with E-state index in [0.29, 0.717) is 23.0 Å². The van der Waals surface area contributed by atoms with Gasteiger partial charge in [-0.2, -0.15) is 9.97 Å². The van der Waals surface area contributed by atoms with Gasteiger partial charge in [-0.15, -0.1) is 13.2 Å². The first-order valence-electron chi connectivity index (χ1n) is 11.6. The smallest absolute Gasteiger partial charge is 0.406 e. The molecule has 3 heterocycles. The minimum absolute atomic E-state index is 0.208. The second kappa shape index (κ2) is 10.5. The first-order chi connectivity index (χ1) is 17.1. The van der Waals surface area contributed by atoms with Crippen molar-refractivity contribution in [1.82, 2.24) is 20.1 Å². The Labute approximate surface area is 206 Å². The van der Waals surface area contributed by atoms with Crippen molar-refractivity contribution in [3.05, 3.63) is 53.4 Å². The molecule has 0 amide bonds.